The Bertz CT molecular complexity index is 1410. The number of alkyl halides is 3. The molecule has 0 N–H and O–H groups in total. The van der Waals surface area contributed by atoms with E-state index in [0.717, 1.165) is 12.1 Å². The molecule has 0 radical (unpaired) electrons. The van der Waals surface area contributed by atoms with Crippen LogP contribution in [0.1, 0.15) is 36.3 Å². The lowest BCUT2D eigenvalue weighted by Gasteiger charge is -2.41. The monoisotopic (exact) mass is 477 g/mol. The lowest BCUT2D eigenvalue weighted by atomic mass is 9.75. The Morgan fingerprint density at radius 1 is 0.971 bits per heavy atom. The smallest absolute Gasteiger partial charge is 0.309 e. The molecule has 3 aromatic rings. The van der Waals surface area contributed by atoms with Gasteiger partial charge in [0.05, 0.1) is 23.1 Å². The van der Waals surface area contributed by atoms with Gasteiger partial charge in [-0.05, 0) is 60.9 Å². The maximum absolute atomic E-state index is 14.2. The van der Waals surface area contributed by atoms with Crippen LogP contribution in [0, 0.1) is 17.1 Å². The van der Waals surface area contributed by atoms with Gasteiger partial charge in [-0.15, -0.1) is 0 Å². The van der Waals surface area contributed by atoms with Crippen molar-refractivity contribution in [2.24, 2.45) is 0 Å². The van der Waals surface area contributed by atoms with E-state index in [1.54, 1.807) is 40.1 Å². The predicted octanol–water partition coefficient (Wildman–Crippen LogP) is 6.65. The highest BCUT2D eigenvalue weighted by molar-refractivity contribution is 6.03. The maximum Gasteiger partial charge on any atom is 0.416 e. The van der Waals surface area contributed by atoms with Crippen LogP contribution in [0.15, 0.2) is 89.9 Å². The van der Waals surface area contributed by atoms with Crippen LogP contribution >= 0.6 is 0 Å². The summed E-state index contributed by atoms with van der Waals surface area (Å²) in [5.74, 6) is -1.22. The number of carbonyl (C=O) groups excluding carboxylic acids is 1. The zero-order valence-corrected chi connectivity index (χ0v) is 18.4. The topological polar surface area (TPSA) is 49.0 Å². The molecule has 8 heteroatoms. The van der Waals surface area contributed by atoms with Gasteiger partial charge in [0.25, 0.3) is 0 Å². The highest BCUT2D eigenvalue weighted by Crippen LogP contribution is 2.49. The fourth-order valence-corrected chi connectivity index (χ4v) is 4.89. The number of ketones is 1. The lowest BCUT2D eigenvalue weighted by Crippen LogP contribution is -2.36. The van der Waals surface area contributed by atoms with Crippen LogP contribution in [0.2, 0.25) is 0 Å². The number of Topliss-reactive ketones (excluding diaryl/α,β-unsaturated/α-hetero) is 1. The number of benzene rings is 2. The number of carbonyl (C=O) groups is 1. The predicted molar refractivity (Wildman–Crippen MR) is 122 cm³/mol. The summed E-state index contributed by atoms with van der Waals surface area (Å²) >= 11 is 0. The number of hydrogen-bond acceptors (Lipinski definition) is 3. The van der Waals surface area contributed by atoms with Gasteiger partial charge in [0.2, 0.25) is 0 Å². The van der Waals surface area contributed by atoms with E-state index in [1.165, 1.54) is 30.3 Å². The molecule has 1 aliphatic heterocycles. The molecule has 2 heterocycles. The van der Waals surface area contributed by atoms with Crippen LogP contribution in [0.25, 0.3) is 5.82 Å². The van der Waals surface area contributed by atoms with E-state index in [-0.39, 0.29) is 23.5 Å². The molecule has 2 aromatic carbocycles. The first-order valence-electron chi connectivity index (χ1n) is 11.1. The minimum Gasteiger partial charge on any atom is -0.309 e. The van der Waals surface area contributed by atoms with Crippen molar-refractivity contribution < 1.29 is 22.4 Å². The molecule has 1 aliphatic carbocycles. The van der Waals surface area contributed by atoms with Crippen molar-refractivity contribution in [1.82, 2.24) is 4.57 Å². The fraction of sp³-hybridized carbons (Fsp3) is 0.185. The van der Waals surface area contributed by atoms with E-state index >= 15 is 0 Å². The highest BCUT2D eigenvalue weighted by Gasteiger charge is 2.42. The van der Waals surface area contributed by atoms with Crippen LogP contribution in [0.5, 0.6) is 0 Å². The van der Waals surface area contributed by atoms with Crippen molar-refractivity contribution in [1.29, 1.82) is 5.26 Å². The quantitative estimate of drug-likeness (QED) is 0.397. The van der Waals surface area contributed by atoms with Crippen molar-refractivity contribution >= 4 is 17.3 Å². The molecular formula is C27H19F4N3O. The van der Waals surface area contributed by atoms with Gasteiger partial charge in [-0.3, -0.25) is 9.69 Å². The summed E-state index contributed by atoms with van der Waals surface area (Å²) in [7, 11) is 0. The van der Waals surface area contributed by atoms with Crippen molar-refractivity contribution in [3.05, 3.63) is 107 Å². The second-order valence-corrected chi connectivity index (χ2v) is 8.45. The van der Waals surface area contributed by atoms with Crippen LogP contribution in [0.3, 0.4) is 0 Å². The molecule has 0 saturated heterocycles. The minimum atomic E-state index is -4.56. The first-order valence-corrected chi connectivity index (χ1v) is 11.1. The third kappa shape index (κ3) is 3.93. The van der Waals surface area contributed by atoms with E-state index in [2.05, 4.69) is 6.07 Å². The van der Waals surface area contributed by atoms with Gasteiger partial charge in [0.1, 0.15) is 11.6 Å². The molecule has 0 amide bonds. The number of nitriles is 1. The van der Waals surface area contributed by atoms with Gasteiger partial charge in [-0.2, -0.15) is 18.4 Å². The van der Waals surface area contributed by atoms with E-state index in [4.69, 9.17) is 0 Å². The first kappa shape index (κ1) is 22.7. The van der Waals surface area contributed by atoms with Crippen LogP contribution < -0.4 is 4.90 Å². The molecule has 4 nitrogen and oxygen atoms in total. The molecular weight excluding hydrogens is 458 g/mol. The third-order valence-electron chi connectivity index (χ3n) is 6.31. The summed E-state index contributed by atoms with van der Waals surface area (Å²) in [6.45, 7) is 0. The molecule has 35 heavy (non-hydrogen) atoms. The summed E-state index contributed by atoms with van der Waals surface area (Å²) in [5, 5.41) is 10.3. The number of halogens is 4. The van der Waals surface area contributed by atoms with Gasteiger partial charge < -0.3 is 4.57 Å². The largest absolute Gasteiger partial charge is 0.416 e. The van der Waals surface area contributed by atoms with Crippen molar-refractivity contribution in [2.45, 2.75) is 31.4 Å². The summed E-state index contributed by atoms with van der Waals surface area (Å²) in [6.07, 6.45) is -0.00177. The Balaban J connectivity index is 1.84. The average Bonchev–Trinajstić information content (AvgIpc) is 3.37. The van der Waals surface area contributed by atoms with E-state index in [0.29, 0.717) is 35.5 Å². The van der Waals surface area contributed by atoms with Crippen molar-refractivity contribution in [2.75, 3.05) is 4.90 Å². The maximum atomic E-state index is 14.2. The molecule has 0 unspecified atom stereocenters. The zero-order chi connectivity index (χ0) is 24.7. The van der Waals surface area contributed by atoms with Crippen LogP contribution in [0.4, 0.5) is 23.2 Å². The van der Waals surface area contributed by atoms with Crippen LogP contribution in [-0.2, 0) is 11.0 Å². The van der Waals surface area contributed by atoms with Crippen molar-refractivity contribution in [3.8, 4) is 6.07 Å². The second-order valence-electron chi connectivity index (χ2n) is 8.45. The third-order valence-corrected chi connectivity index (χ3v) is 6.31. The van der Waals surface area contributed by atoms with E-state index in [1.807, 2.05) is 0 Å². The lowest BCUT2D eigenvalue weighted by molar-refractivity contribution is -0.137. The number of anilines is 1. The Morgan fingerprint density at radius 2 is 1.71 bits per heavy atom. The molecule has 1 atom stereocenters. The molecule has 176 valence electrons. The Kier molecular flexibility index (Phi) is 5.56. The average molecular weight is 477 g/mol. The Labute approximate surface area is 199 Å². The molecule has 2 aliphatic rings. The summed E-state index contributed by atoms with van der Waals surface area (Å²) in [6, 6.07) is 16.2. The molecule has 0 bridgehead atoms. The van der Waals surface area contributed by atoms with Gasteiger partial charge >= 0.3 is 6.18 Å². The number of hydrogen-bond donors (Lipinski definition) is 0. The summed E-state index contributed by atoms with van der Waals surface area (Å²) in [5.41, 5.74) is 0.799. The Morgan fingerprint density at radius 3 is 2.40 bits per heavy atom. The number of rotatable bonds is 3. The van der Waals surface area contributed by atoms with Crippen LogP contribution in [-0.4, -0.2) is 10.4 Å². The number of aromatic nitrogens is 1. The Hall–Kier alpha value is -4.12. The second kappa shape index (κ2) is 8.58. The molecule has 0 fully saturated rings. The molecule has 5 rings (SSSR count). The highest BCUT2D eigenvalue weighted by atomic mass is 19.4. The molecule has 0 spiro atoms. The summed E-state index contributed by atoms with van der Waals surface area (Å²) in [4.78, 5) is 14.8. The van der Waals surface area contributed by atoms with Gasteiger partial charge in [0, 0.05) is 35.8 Å². The van der Waals surface area contributed by atoms with Gasteiger partial charge in [-0.25, -0.2) is 4.39 Å². The fourth-order valence-electron chi connectivity index (χ4n) is 4.89. The molecule has 0 saturated carbocycles. The van der Waals surface area contributed by atoms with Gasteiger partial charge in [0.15, 0.2) is 5.78 Å². The molecule has 1 aromatic heterocycles. The van der Waals surface area contributed by atoms with E-state index < -0.39 is 23.5 Å². The summed E-state index contributed by atoms with van der Waals surface area (Å²) < 4.78 is 56.6. The SMILES string of the molecule is N#CC1=C(n2cccc2)N(c2cccc(C(F)(F)F)c2)C2=C(C(=O)CCC2)[C@@H]1c1cccc(F)c1. The van der Waals surface area contributed by atoms with Crippen molar-refractivity contribution in [3.63, 3.8) is 0 Å². The number of allylic oxidation sites excluding steroid dienone is 3. The van der Waals surface area contributed by atoms with E-state index in [9.17, 15) is 27.6 Å². The first-order chi connectivity index (χ1) is 16.8. The number of nitrogens with zero attached hydrogens (tertiary/aromatic N) is 3. The standard InChI is InChI=1S/C27H19F4N3O/c28-19-8-3-6-17(14-19)24-21(16-32)26(33-12-1-2-13-33)34(22-10-5-11-23(35)25(22)24)20-9-4-7-18(15-20)27(29,30)31/h1-4,6-9,12-15,24H,5,10-11H2/t24-/m1/s1. The normalized spacial score (nSPS) is 18.5. The minimum absolute atomic E-state index is 0.151. The zero-order valence-electron chi connectivity index (χ0n) is 18.4. The van der Waals surface area contributed by atoms with Gasteiger partial charge in [-0.1, -0.05) is 18.2 Å².